The molecule has 0 radical (unpaired) electrons. The fraction of sp³-hybridized carbons (Fsp3) is 0. The number of non-ortho nitro benzene ring substituents is 1. The maximum atomic E-state index is 10.5. The standard InChI is InChI=1S/C11H5N5O2/c12-5-10-11(6-13)15(7-14-10)8-1-3-9(4-2-8)16(17)18/h1-4,7H. The minimum Gasteiger partial charge on any atom is -0.289 e. The minimum absolute atomic E-state index is 0.0239. The Hall–Kier alpha value is -3.19. The average Bonchev–Trinajstić information content (AvgIpc) is 2.81. The molecule has 0 amide bonds. The third-order valence-electron chi connectivity index (χ3n) is 2.32. The zero-order valence-electron chi connectivity index (χ0n) is 8.94. The summed E-state index contributed by atoms with van der Waals surface area (Å²) in [5.74, 6) is 0. The second-order valence-corrected chi connectivity index (χ2v) is 3.31. The van der Waals surface area contributed by atoms with Crippen LogP contribution in [0.2, 0.25) is 0 Å². The molecule has 1 aromatic heterocycles. The average molecular weight is 239 g/mol. The van der Waals surface area contributed by atoms with Crippen molar-refractivity contribution in [3.8, 4) is 17.8 Å². The Morgan fingerprint density at radius 1 is 1.22 bits per heavy atom. The van der Waals surface area contributed by atoms with Crippen LogP contribution in [0.5, 0.6) is 0 Å². The molecule has 0 saturated carbocycles. The smallest absolute Gasteiger partial charge is 0.269 e. The Morgan fingerprint density at radius 3 is 2.39 bits per heavy atom. The van der Waals surface area contributed by atoms with Crippen LogP contribution in [0.3, 0.4) is 0 Å². The number of nitriles is 2. The molecule has 0 aliphatic rings. The predicted octanol–water partition coefficient (Wildman–Crippen LogP) is 1.52. The molecule has 0 spiro atoms. The third-order valence-corrected chi connectivity index (χ3v) is 2.32. The van der Waals surface area contributed by atoms with E-state index < -0.39 is 4.92 Å². The fourth-order valence-electron chi connectivity index (χ4n) is 1.47. The van der Waals surface area contributed by atoms with Gasteiger partial charge in [0, 0.05) is 17.8 Å². The predicted molar refractivity (Wildman–Crippen MR) is 59.6 cm³/mol. The normalized spacial score (nSPS) is 9.44. The summed E-state index contributed by atoms with van der Waals surface area (Å²) in [4.78, 5) is 13.8. The van der Waals surface area contributed by atoms with E-state index in [0.29, 0.717) is 5.69 Å². The summed E-state index contributed by atoms with van der Waals surface area (Å²) < 4.78 is 1.41. The van der Waals surface area contributed by atoms with Gasteiger partial charge in [0.25, 0.3) is 5.69 Å². The molecular formula is C11H5N5O2. The Labute approximate surface area is 101 Å². The summed E-state index contributed by atoms with van der Waals surface area (Å²) in [5, 5.41) is 28.2. The molecule has 0 saturated heterocycles. The molecule has 86 valence electrons. The van der Waals surface area contributed by atoms with Gasteiger partial charge in [-0.3, -0.25) is 14.7 Å². The van der Waals surface area contributed by atoms with Crippen molar-refractivity contribution in [3.05, 3.63) is 52.1 Å². The van der Waals surface area contributed by atoms with Crippen LogP contribution in [-0.2, 0) is 0 Å². The lowest BCUT2D eigenvalue weighted by Gasteiger charge is -2.02. The van der Waals surface area contributed by atoms with Crippen molar-refractivity contribution in [2.75, 3.05) is 0 Å². The quantitative estimate of drug-likeness (QED) is 0.583. The van der Waals surface area contributed by atoms with Crippen LogP contribution in [0, 0.1) is 32.8 Å². The molecule has 0 unspecified atom stereocenters. The van der Waals surface area contributed by atoms with Crippen LogP contribution in [0.1, 0.15) is 11.4 Å². The lowest BCUT2D eigenvalue weighted by Crippen LogP contribution is -1.97. The van der Waals surface area contributed by atoms with Gasteiger partial charge in [-0.15, -0.1) is 0 Å². The van der Waals surface area contributed by atoms with E-state index in [9.17, 15) is 10.1 Å². The minimum atomic E-state index is -0.510. The maximum Gasteiger partial charge on any atom is 0.269 e. The van der Waals surface area contributed by atoms with Crippen LogP contribution in [0.4, 0.5) is 5.69 Å². The number of hydrogen-bond donors (Lipinski definition) is 0. The highest BCUT2D eigenvalue weighted by atomic mass is 16.6. The van der Waals surface area contributed by atoms with Gasteiger partial charge >= 0.3 is 0 Å². The van der Waals surface area contributed by atoms with Gasteiger partial charge in [-0.25, -0.2) is 4.98 Å². The molecule has 1 aromatic carbocycles. The highest BCUT2D eigenvalue weighted by Gasteiger charge is 2.12. The van der Waals surface area contributed by atoms with E-state index in [1.54, 1.807) is 6.07 Å². The molecule has 7 nitrogen and oxygen atoms in total. The van der Waals surface area contributed by atoms with Gasteiger partial charge in [0.2, 0.25) is 0 Å². The zero-order chi connectivity index (χ0) is 13.1. The van der Waals surface area contributed by atoms with E-state index in [-0.39, 0.29) is 17.1 Å². The molecule has 7 heteroatoms. The first kappa shape index (κ1) is 11.3. The van der Waals surface area contributed by atoms with Crippen molar-refractivity contribution >= 4 is 5.69 Å². The van der Waals surface area contributed by atoms with Crippen molar-refractivity contribution in [3.63, 3.8) is 0 Å². The fourth-order valence-corrected chi connectivity index (χ4v) is 1.47. The summed E-state index contributed by atoms with van der Waals surface area (Å²) >= 11 is 0. The van der Waals surface area contributed by atoms with Crippen molar-refractivity contribution in [1.29, 1.82) is 10.5 Å². The van der Waals surface area contributed by atoms with E-state index in [4.69, 9.17) is 10.5 Å². The SMILES string of the molecule is N#Cc1ncn(-c2ccc([N+](=O)[O-])cc2)c1C#N. The number of nitrogens with zero attached hydrogens (tertiary/aromatic N) is 5. The molecule has 0 N–H and O–H groups in total. The van der Waals surface area contributed by atoms with Crippen molar-refractivity contribution in [1.82, 2.24) is 9.55 Å². The first-order valence-electron chi connectivity index (χ1n) is 4.79. The van der Waals surface area contributed by atoms with Crippen LogP contribution < -0.4 is 0 Å². The third kappa shape index (κ3) is 1.77. The van der Waals surface area contributed by atoms with Crippen LogP contribution in [0.15, 0.2) is 30.6 Å². The number of benzene rings is 1. The largest absolute Gasteiger partial charge is 0.289 e. The van der Waals surface area contributed by atoms with Crippen molar-refractivity contribution < 1.29 is 4.92 Å². The molecule has 2 aromatic rings. The molecule has 0 bridgehead atoms. The van der Waals surface area contributed by atoms with Crippen LogP contribution in [-0.4, -0.2) is 14.5 Å². The van der Waals surface area contributed by atoms with Crippen molar-refractivity contribution in [2.24, 2.45) is 0 Å². The summed E-state index contributed by atoms with van der Waals surface area (Å²) in [5.41, 5.74) is 0.617. The first-order chi connectivity index (χ1) is 8.67. The number of hydrogen-bond acceptors (Lipinski definition) is 5. The van der Waals surface area contributed by atoms with Gasteiger partial charge < -0.3 is 0 Å². The van der Waals surface area contributed by atoms with Gasteiger partial charge in [0.1, 0.15) is 18.5 Å². The lowest BCUT2D eigenvalue weighted by molar-refractivity contribution is -0.384. The number of aromatic nitrogens is 2. The topological polar surface area (TPSA) is 109 Å². The van der Waals surface area contributed by atoms with Crippen LogP contribution >= 0.6 is 0 Å². The summed E-state index contributed by atoms with van der Waals surface area (Å²) in [6.45, 7) is 0. The molecule has 1 heterocycles. The van der Waals surface area contributed by atoms with E-state index in [1.165, 1.54) is 35.2 Å². The number of nitro groups is 1. The van der Waals surface area contributed by atoms with Crippen LogP contribution in [0.25, 0.3) is 5.69 Å². The Kier molecular flexibility index (Phi) is 2.73. The maximum absolute atomic E-state index is 10.5. The summed E-state index contributed by atoms with van der Waals surface area (Å²) in [6.07, 6.45) is 1.33. The monoisotopic (exact) mass is 239 g/mol. The van der Waals surface area contributed by atoms with Gasteiger partial charge in [0.05, 0.1) is 4.92 Å². The van der Waals surface area contributed by atoms with E-state index >= 15 is 0 Å². The number of rotatable bonds is 2. The number of nitro benzene ring substituents is 1. The second kappa shape index (κ2) is 4.36. The van der Waals surface area contributed by atoms with Gasteiger partial charge in [-0.05, 0) is 12.1 Å². The molecule has 18 heavy (non-hydrogen) atoms. The van der Waals surface area contributed by atoms with Crippen molar-refractivity contribution in [2.45, 2.75) is 0 Å². The molecule has 0 aliphatic carbocycles. The van der Waals surface area contributed by atoms with E-state index in [0.717, 1.165) is 0 Å². The molecule has 2 rings (SSSR count). The highest BCUT2D eigenvalue weighted by Crippen LogP contribution is 2.17. The lowest BCUT2D eigenvalue weighted by atomic mass is 10.2. The zero-order valence-corrected chi connectivity index (χ0v) is 8.94. The van der Waals surface area contributed by atoms with Gasteiger partial charge in [-0.1, -0.05) is 0 Å². The van der Waals surface area contributed by atoms with E-state index in [2.05, 4.69) is 4.98 Å². The van der Waals surface area contributed by atoms with Gasteiger partial charge in [0.15, 0.2) is 11.4 Å². The van der Waals surface area contributed by atoms with Gasteiger partial charge in [-0.2, -0.15) is 10.5 Å². The van der Waals surface area contributed by atoms with E-state index in [1.807, 2.05) is 6.07 Å². The molecule has 0 aliphatic heterocycles. The molecule has 0 atom stereocenters. The summed E-state index contributed by atoms with van der Waals surface area (Å²) in [6, 6.07) is 9.30. The summed E-state index contributed by atoms with van der Waals surface area (Å²) in [7, 11) is 0. The molecular weight excluding hydrogens is 234 g/mol. The highest BCUT2D eigenvalue weighted by molar-refractivity contribution is 5.46. The number of imidazole rings is 1. The Bertz CT molecular complexity index is 688. The molecule has 0 fully saturated rings. The second-order valence-electron chi connectivity index (χ2n) is 3.31. The Morgan fingerprint density at radius 2 is 1.89 bits per heavy atom. The first-order valence-corrected chi connectivity index (χ1v) is 4.79. The Balaban J connectivity index is 2.51.